The standard InChI is InChI=1S/C17H12F9NO2S/c18-15(19,20)11-3-1-2-10(6-11)4-5-27-30(28,29)14-8-12(16(21,22)23)7-13(9-14)17(24,25)26/h1-3,6-9,27H,4-5H2. The minimum atomic E-state index is -5.23. The molecule has 0 saturated heterocycles. The zero-order valence-corrected chi connectivity index (χ0v) is 15.4. The van der Waals surface area contributed by atoms with E-state index in [9.17, 15) is 47.9 Å². The Morgan fingerprint density at radius 3 is 1.67 bits per heavy atom. The summed E-state index contributed by atoms with van der Waals surface area (Å²) in [6.07, 6.45) is -15.4. The molecule has 1 N–H and O–H groups in total. The number of rotatable bonds is 5. The molecule has 0 unspecified atom stereocenters. The Balaban J connectivity index is 2.25. The van der Waals surface area contributed by atoms with Gasteiger partial charge in [0.05, 0.1) is 21.6 Å². The van der Waals surface area contributed by atoms with E-state index in [4.69, 9.17) is 0 Å². The van der Waals surface area contributed by atoms with Crippen LogP contribution in [-0.4, -0.2) is 15.0 Å². The quantitative estimate of drug-likeness (QED) is 0.613. The van der Waals surface area contributed by atoms with Gasteiger partial charge in [-0.25, -0.2) is 13.1 Å². The molecule has 0 atom stereocenters. The van der Waals surface area contributed by atoms with Crippen molar-refractivity contribution in [2.45, 2.75) is 29.8 Å². The molecule has 166 valence electrons. The first kappa shape index (κ1) is 24.0. The van der Waals surface area contributed by atoms with Gasteiger partial charge in [-0.15, -0.1) is 0 Å². The molecule has 0 bridgehead atoms. The van der Waals surface area contributed by atoms with Gasteiger partial charge in [0.2, 0.25) is 10.0 Å². The molecule has 0 aromatic heterocycles. The smallest absolute Gasteiger partial charge is 0.211 e. The molecule has 0 aliphatic carbocycles. The third-order valence-corrected chi connectivity index (χ3v) is 5.27. The van der Waals surface area contributed by atoms with E-state index >= 15 is 0 Å². The van der Waals surface area contributed by atoms with Crippen molar-refractivity contribution in [3.8, 4) is 0 Å². The lowest BCUT2D eigenvalue weighted by molar-refractivity contribution is -0.143. The lowest BCUT2D eigenvalue weighted by atomic mass is 10.1. The summed E-state index contributed by atoms with van der Waals surface area (Å²) in [7, 11) is -4.81. The molecule has 0 spiro atoms. The van der Waals surface area contributed by atoms with Gasteiger partial charge in [0.1, 0.15) is 0 Å². The van der Waals surface area contributed by atoms with Crippen LogP contribution in [0, 0.1) is 0 Å². The lowest BCUT2D eigenvalue weighted by Gasteiger charge is -2.15. The van der Waals surface area contributed by atoms with Crippen LogP contribution in [0.25, 0.3) is 0 Å². The summed E-state index contributed by atoms with van der Waals surface area (Å²) in [4.78, 5) is -1.27. The van der Waals surface area contributed by atoms with Crippen LogP contribution in [0.4, 0.5) is 39.5 Å². The van der Waals surface area contributed by atoms with Crippen molar-refractivity contribution >= 4 is 10.0 Å². The van der Waals surface area contributed by atoms with Gasteiger partial charge in [-0.2, -0.15) is 39.5 Å². The van der Waals surface area contributed by atoms with Crippen LogP contribution in [0.1, 0.15) is 22.3 Å². The maximum absolute atomic E-state index is 12.9. The fourth-order valence-corrected chi connectivity index (χ4v) is 3.50. The van der Waals surface area contributed by atoms with Gasteiger partial charge < -0.3 is 0 Å². The summed E-state index contributed by atoms with van der Waals surface area (Å²) in [6.45, 7) is -0.554. The van der Waals surface area contributed by atoms with Crippen molar-refractivity contribution < 1.29 is 47.9 Å². The Bertz CT molecular complexity index is 977. The largest absolute Gasteiger partial charge is 0.416 e. The molecule has 2 aromatic carbocycles. The fourth-order valence-electron chi connectivity index (χ4n) is 2.40. The average molecular weight is 465 g/mol. The summed E-state index contributed by atoms with van der Waals surface area (Å²) < 4.78 is 141. The zero-order chi connectivity index (χ0) is 23.0. The van der Waals surface area contributed by atoms with Crippen LogP contribution in [0.2, 0.25) is 0 Å². The maximum atomic E-state index is 12.9. The number of hydrogen-bond acceptors (Lipinski definition) is 2. The van der Waals surface area contributed by atoms with E-state index in [2.05, 4.69) is 0 Å². The highest BCUT2D eigenvalue weighted by Crippen LogP contribution is 2.37. The third-order valence-electron chi connectivity index (χ3n) is 3.83. The molecule has 2 rings (SSSR count). The summed E-state index contributed by atoms with van der Waals surface area (Å²) in [5, 5.41) is 0. The monoisotopic (exact) mass is 465 g/mol. The van der Waals surface area contributed by atoms with Crippen LogP contribution in [0.15, 0.2) is 47.4 Å². The second kappa shape index (κ2) is 8.10. The van der Waals surface area contributed by atoms with Gasteiger partial charge in [0.15, 0.2) is 0 Å². The highest BCUT2D eigenvalue weighted by atomic mass is 32.2. The molecule has 0 amide bonds. The summed E-state index contributed by atoms with van der Waals surface area (Å²) in [5.74, 6) is 0. The van der Waals surface area contributed by atoms with E-state index < -0.39 is 56.7 Å². The minimum Gasteiger partial charge on any atom is -0.211 e. The van der Waals surface area contributed by atoms with Gasteiger partial charge in [-0.1, -0.05) is 18.2 Å². The minimum absolute atomic E-state index is 0.0435. The molecule has 0 saturated carbocycles. The van der Waals surface area contributed by atoms with Gasteiger partial charge in [-0.3, -0.25) is 0 Å². The second-order valence-electron chi connectivity index (χ2n) is 6.09. The van der Waals surface area contributed by atoms with Crippen molar-refractivity contribution in [2.75, 3.05) is 6.54 Å². The molecule has 0 radical (unpaired) electrons. The number of sulfonamides is 1. The van der Waals surface area contributed by atoms with E-state index in [0.717, 1.165) is 18.2 Å². The Morgan fingerprint density at radius 1 is 0.700 bits per heavy atom. The summed E-state index contributed by atoms with van der Waals surface area (Å²) in [6, 6.07) is 3.74. The number of halogens is 9. The topological polar surface area (TPSA) is 46.2 Å². The molecule has 13 heteroatoms. The molecule has 30 heavy (non-hydrogen) atoms. The molecule has 0 aliphatic rings. The summed E-state index contributed by atoms with van der Waals surface area (Å²) >= 11 is 0. The summed E-state index contributed by atoms with van der Waals surface area (Å²) in [5.41, 5.74) is -4.55. The highest BCUT2D eigenvalue weighted by Gasteiger charge is 2.38. The number of nitrogens with one attached hydrogen (secondary N) is 1. The Hall–Kier alpha value is -2.28. The molecule has 2 aromatic rings. The third kappa shape index (κ3) is 6.11. The first-order chi connectivity index (χ1) is 13.5. The average Bonchev–Trinajstić information content (AvgIpc) is 2.59. The molecule has 0 heterocycles. The number of benzene rings is 2. The van der Waals surface area contributed by atoms with Crippen LogP contribution in [-0.2, 0) is 35.0 Å². The van der Waals surface area contributed by atoms with Crippen molar-refractivity contribution in [3.05, 3.63) is 64.7 Å². The van der Waals surface area contributed by atoms with E-state index in [1.807, 2.05) is 0 Å². The first-order valence-electron chi connectivity index (χ1n) is 7.95. The lowest BCUT2D eigenvalue weighted by Crippen LogP contribution is -2.27. The van der Waals surface area contributed by atoms with E-state index in [-0.39, 0.29) is 30.2 Å². The van der Waals surface area contributed by atoms with Gasteiger partial charge in [-0.05, 0) is 36.2 Å². The maximum Gasteiger partial charge on any atom is 0.416 e. The highest BCUT2D eigenvalue weighted by molar-refractivity contribution is 7.89. The van der Waals surface area contributed by atoms with Gasteiger partial charge >= 0.3 is 18.5 Å². The van der Waals surface area contributed by atoms with E-state index in [1.54, 1.807) is 4.72 Å². The Morgan fingerprint density at radius 2 is 1.20 bits per heavy atom. The second-order valence-corrected chi connectivity index (χ2v) is 7.85. The number of hydrogen-bond donors (Lipinski definition) is 1. The van der Waals surface area contributed by atoms with Crippen molar-refractivity contribution in [1.82, 2.24) is 4.72 Å². The van der Waals surface area contributed by atoms with E-state index in [1.165, 1.54) is 6.07 Å². The van der Waals surface area contributed by atoms with Crippen molar-refractivity contribution in [2.24, 2.45) is 0 Å². The molecule has 3 nitrogen and oxygen atoms in total. The molecule has 0 aliphatic heterocycles. The Kier molecular flexibility index (Phi) is 6.48. The fraction of sp³-hybridized carbons (Fsp3) is 0.294. The van der Waals surface area contributed by atoms with Gasteiger partial charge in [0, 0.05) is 6.54 Å². The van der Waals surface area contributed by atoms with Crippen LogP contribution < -0.4 is 4.72 Å². The zero-order valence-electron chi connectivity index (χ0n) is 14.6. The van der Waals surface area contributed by atoms with Crippen molar-refractivity contribution in [3.63, 3.8) is 0 Å². The molecular formula is C17H12F9NO2S. The number of alkyl halides is 9. The predicted molar refractivity (Wildman–Crippen MR) is 86.8 cm³/mol. The van der Waals surface area contributed by atoms with Crippen LogP contribution >= 0.6 is 0 Å². The Labute approximate surface area is 164 Å². The molecule has 0 fully saturated rings. The van der Waals surface area contributed by atoms with Gasteiger partial charge in [0.25, 0.3) is 0 Å². The SMILES string of the molecule is O=S(=O)(NCCc1cccc(C(F)(F)F)c1)c1cc(C(F)(F)F)cc(C(F)(F)F)c1. The predicted octanol–water partition coefficient (Wildman–Crippen LogP) is 5.26. The normalized spacial score (nSPS) is 13.5. The molecular weight excluding hydrogens is 453 g/mol. The van der Waals surface area contributed by atoms with Crippen LogP contribution in [0.3, 0.4) is 0 Å². The van der Waals surface area contributed by atoms with Crippen LogP contribution in [0.5, 0.6) is 0 Å². The van der Waals surface area contributed by atoms with Crippen molar-refractivity contribution in [1.29, 1.82) is 0 Å². The van der Waals surface area contributed by atoms with E-state index in [0.29, 0.717) is 0 Å². The first-order valence-corrected chi connectivity index (χ1v) is 9.44.